The van der Waals surface area contributed by atoms with E-state index in [0.29, 0.717) is 0 Å². The van der Waals surface area contributed by atoms with E-state index in [4.69, 9.17) is 18.9 Å². The van der Waals surface area contributed by atoms with Gasteiger partial charge < -0.3 is 23.5 Å². The molecule has 4 atom stereocenters. The minimum atomic E-state index is -5.25. The zero-order valence-electron chi connectivity index (χ0n) is 17.3. The predicted octanol–water partition coefficient (Wildman–Crippen LogP) is -1.71. The number of methoxy groups -OCH3 is 1. The van der Waals surface area contributed by atoms with Gasteiger partial charge in [-0.1, -0.05) is 36.4 Å². The zero-order valence-corrected chi connectivity index (χ0v) is 20.1. The first-order chi connectivity index (χ1) is 14.8. The third kappa shape index (κ3) is 7.09. The first-order valence-electron chi connectivity index (χ1n) is 9.09. The Labute approximate surface area is 207 Å². The van der Waals surface area contributed by atoms with Gasteiger partial charge in [-0.3, -0.25) is 4.18 Å². The molecule has 3 rings (SSSR count). The summed E-state index contributed by atoms with van der Waals surface area (Å²) in [6.45, 7) is -0.303. The number of carbonyl (C=O) groups excluding carboxylic acids is 2. The maximum absolute atomic E-state index is 12.6. The van der Waals surface area contributed by atoms with Gasteiger partial charge in [0.2, 0.25) is 10.4 Å². The first-order valence-corrected chi connectivity index (χ1v) is 10.4. The van der Waals surface area contributed by atoms with Crippen LogP contribution in [0.5, 0.6) is 0 Å². The summed E-state index contributed by atoms with van der Waals surface area (Å²) >= 11 is 0. The number of carbonyl (C=O) groups is 2. The first kappa shape index (κ1) is 26.4. The summed E-state index contributed by atoms with van der Waals surface area (Å²) in [7, 11) is -4.06. The molecule has 2 aromatic carbocycles. The Morgan fingerprint density at radius 2 is 1.41 bits per heavy atom. The maximum Gasteiger partial charge on any atom is 1.00 e. The van der Waals surface area contributed by atoms with Crippen molar-refractivity contribution < 1.29 is 75.2 Å². The quantitative estimate of drug-likeness (QED) is 0.197. The molecule has 0 bridgehead atoms. The Morgan fingerprint density at radius 3 is 1.88 bits per heavy atom. The van der Waals surface area contributed by atoms with Crippen molar-refractivity contribution >= 4 is 22.3 Å². The van der Waals surface area contributed by atoms with E-state index in [-0.39, 0.29) is 47.3 Å². The van der Waals surface area contributed by atoms with Gasteiger partial charge in [-0.2, -0.15) is 0 Å². The molecular formula is C20H19NaO10S. The molecule has 0 N–H and O–H groups in total. The SMILES string of the molecule is CO[C@@H]1OC[C@@H](OC(=O)c2ccccc2)[C@H](OC(=O)c2ccccc2)[C@H]1OS(=O)(=O)[O-].[Na+]. The Morgan fingerprint density at radius 1 is 0.906 bits per heavy atom. The van der Waals surface area contributed by atoms with Crippen LogP contribution in [0.4, 0.5) is 0 Å². The van der Waals surface area contributed by atoms with Crippen LogP contribution < -0.4 is 29.6 Å². The van der Waals surface area contributed by atoms with Gasteiger partial charge in [0.1, 0.15) is 0 Å². The van der Waals surface area contributed by atoms with E-state index in [1.165, 1.54) is 31.4 Å². The van der Waals surface area contributed by atoms with Gasteiger partial charge >= 0.3 is 41.5 Å². The van der Waals surface area contributed by atoms with Gasteiger partial charge in [-0.25, -0.2) is 18.0 Å². The summed E-state index contributed by atoms with van der Waals surface area (Å²) in [5.41, 5.74) is 0.359. The van der Waals surface area contributed by atoms with Crippen molar-refractivity contribution in [3.8, 4) is 0 Å². The van der Waals surface area contributed by atoms with Gasteiger partial charge in [0.05, 0.1) is 17.7 Å². The van der Waals surface area contributed by atoms with E-state index in [1.807, 2.05) is 0 Å². The molecule has 1 heterocycles. The van der Waals surface area contributed by atoms with Crippen LogP contribution in [0.1, 0.15) is 20.7 Å². The largest absolute Gasteiger partial charge is 1.00 e. The molecule has 0 saturated carbocycles. The normalized spacial score (nSPS) is 22.9. The zero-order chi connectivity index (χ0) is 22.4. The minimum Gasteiger partial charge on any atom is -0.726 e. The van der Waals surface area contributed by atoms with Gasteiger partial charge in [-0.05, 0) is 24.3 Å². The second-order valence-electron chi connectivity index (χ2n) is 6.45. The Hall–Kier alpha value is -1.83. The third-order valence-corrected chi connectivity index (χ3v) is 4.82. The molecule has 166 valence electrons. The summed E-state index contributed by atoms with van der Waals surface area (Å²) in [5.74, 6) is -1.62. The fraction of sp³-hybridized carbons (Fsp3) is 0.300. The van der Waals surface area contributed by atoms with Crippen molar-refractivity contribution in [3.05, 3.63) is 71.8 Å². The molecule has 1 aliphatic heterocycles. The summed E-state index contributed by atoms with van der Waals surface area (Å²) in [4.78, 5) is 25.1. The minimum absolute atomic E-state index is 0. The maximum atomic E-state index is 12.6. The van der Waals surface area contributed by atoms with Crippen LogP contribution in [0.3, 0.4) is 0 Å². The van der Waals surface area contributed by atoms with Crippen molar-refractivity contribution in [1.82, 2.24) is 0 Å². The molecule has 1 aliphatic rings. The topological polar surface area (TPSA) is 137 Å². The molecule has 2 aromatic rings. The second kappa shape index (κ2) is 11.9. The van der Waals surface area contributed by atoms with Crippen LogP contribution in [0.25, 0.3) is 0 Å². The molecule has 1 fully saturated rings. The van der Waals surface area contributed by atoms with Gasteiger partial charge in [0, 0.05) is 7.11 Å². The molecule has 32 heavy (non-hydrogen) atoms. The van der Waals surface area contributed by atoms with Crippen molar-refractivity contribution in [2.45, 2.75) is 24.6 Å². The van der Waals surface area contributed by atoms with Gasteiger partial charge in [-0.15, -0.1) is 0 Å². The van der Waals surface area contributed by atoms with Gasteiger partial charge in [0.25, 0.3) is 0 Å². The molecular weight excluding hydrogens is 455 g/mol. The smallest absolute Gasteiger partial charge is 0.726 e. The van der Waals surface area contributed by atoms with Crippen LogP contribution in [-0.4, -0.2) is 63.2 Å². The fourth-order valence-electron chi connectivity index (χ4n) is 2.97. The average molecular weight is 474 g/mol. The molecule has 0 aromatic heterocycles. The standard InChI is InChI=1S/C20H20O10S.Na/c1-26-20-17(30-31(23,24)25)16(29-19(22)14-10-6-3-7-11-14)15(12-27-20)28-18(21)13-8-4-2-5-9-13;/h2-11,15-17,20H,12H2,1H3,(H,23,24,25);/q;+1/p-1/t15-,16+,17-,20-;/m1./s1. The van der Waals surface area contributed by atoms with Crippen LogP contribution in [-0.2, 0) is 33.5 Å². The summed E-state index contributed by atoms with van der Waals surface area (Å²) in [6, 6.07) is 15.8. The fourth-order valence-corrected chi connectivity index (χ4v) is 3.45. The van der Waals surface area contributed by atoms with Crippen molar-refractivity contribution in [1.29, 1.82) is 0 Å². The number of ether oxygens (including phenoxy) is 4. The molecule has 10 nitrogen and oxygen atoms in total. The third-order valence-electron chi connectivity index (χ3n) is 4.37. The predicted molar refractivity (Wildman–Crippen MR) is 103 cm³/mol. The number of hydrogen-bond acceptors (Lipinski definition) is 10. The molecule has 1 saturated heterocycles. The van der Waals surface area contributed by atoms with E-state index >= 15 is 0 Å². The van der Waals surface area contributed by atoms with Crippen molar-refractivity contribution in [2.24, 2.45) is 0 Å². The monoisotopic (exact) mass is 474 g/mol. The van der Waals surface area contributed by atoms with E-state index < -0.39 is 46.9 Å². The van der Waals surface area contributed by atoms with E-state index in [9.17, 15) is 22.6 Å². The van der Waals surface area contributed by atoms with Crippen LogP contribution in [0.15, 0.2) is 60.7 Å². The Bertz CT molecular complexity index is 1000. The number of esters is 2. The van der Waals surface area contributed by atoms with E-state index in [2.05, 4.69) is 4.18 Å². The van der Waals surface area contributed by atoms with E-state index in [1.54, 1.807) is 36.4 Å². The van der Waals surface area contributed by atoms with Crippen molar-refractivity contribution in [2.75, 3.05) is 13.7 Å². The number of rotatable bonds is 7. The molecule has 0 amide bonds. The Kier molecular flexibility index (Phi) is 9.80. The summed E-state index contributed by atoms with van der Waals surface area (Å²) in [5, 5.41) is 0. The van der Waals surface area contributed by atoms with Gasteiger partial charge in [0.15, 0.2) is 24.6 Å². The van der Waals surface area contributed by atoms with Crippen LogP contribution >= 0.6 is 0 Å². The molecule has 0 spiro atoms. The number of benzene rings is 2. The van der Waals surface area contributed by atoms with Crippen LogP contribution in [0, 0.1) is 0 Å². The molecule has 12 heteroatoms. The summed E-state index contributed by atoms with van der Waals surface area (Å²) in [6.07, 6.45) is -5.87. The Balaban J connectivity index is 0.00000363. The van der Waals surface area contributed by atoms with Crippen LogP contribution in [0.2, 0.25) is 0 Å². The second-order valence-corrected chi connectivity index (χ2v) is 7.46. The molecule has 0 unspecified atom stereocenters. The van der Waals surface area contributed by atoms with Crippen molar-refractivity contribution in [3.63, 3.8) is 0 Å². The molecule has 0 aliphatic carbocycles. The average Bonchev–Trinajstić information content (AvgIpc) is 2.76. The molecule has 0 radical (unpaired) electrons. The number of hydrogen-bond donors (Lipinski definition) is 0. The van der Waals surface area contributed by atoms with E-state index in [0.717, 1.165) is 0 Å². The summed E-state index contributed by atoms with van der Waals surface area (Å²) < 4.78 is 59.5.